The molecular weight excluding hydrogens is 334 g/mol. The predicted octanol–water partition coefficient (Wildman–Crippen LogP) is 2.31. The van der Waals surface area contributed by atoms with Crippen LogP contribution in [0.15, 0.2) is 28.3 Å². The number of aryl methyl sites for hydroxylation is 1. The van der Waals surface area contributed by atoms with E-state index in [9.17, 15) is 13.2 Å². The van der Waals surface area contributed by atoms with Gasteiger partial charge in [0, 0.05) is 13.0 Å². The summed E-state index contributed by atoms with van der Waals surface area (Å²) < 4.78 is 25.0. The number of carbonyl (C=O) groups excluding carboxylic acids is 1. The smallest absolute Gasteiger partial charge is 0.238 e. The second kappa shape index (κ2) is 6.26. The van der Waals surface area contributed by atoms with Crippen molar-refractivity contribution in [1.29, 1.82) is 0 Å². The first-order valence-corrected chi connectivity index (χ1v) is 10.0. The van der Waals surface area contributed by atoms with Crippen molar-refractivity contribution in [3.8, 4) is 0 Å². The van der Waals surface area contributed by atoms with E-state index in [4.69, 9.17) is 5.14 Å². The van der Waals surface area contributed by atoms with Crippen LogP contribution in [0.3, 0.4) is 0 Å². The van der Waals surface area contributed by atoms with Crippen LogP contribution in [-0.2, 0) is 21.4 Å². The molecule has 3 rings (SSSR count). The van der Waals surface area contributed by atoms with E-state index in [0.717, 1.165) is 29.9 Å². The first kappa shape index (κ1) is 16.5. The Morgan fingerprint density at radius 3 is 2.83 bits per heavy atom. The molecule has 1 saturated carbocycles. The third-order valence-electron chi connectivity index (χ3n) is 4.08. The minimum absolute atomic E-state index is 0.0519. The number of carbonyl (C=O) groups is 1. The monoisotopic (exact) mass is 353 g/mol. The second-order valence-electron chi connectivity index (χ2n) is 5.65. The molecule has 8 heteroatoms. The molecule has 0 bridgehead atoms. The number of rotatable bonds is 4. The van der Waals surface area contributed by atoms with Crippen molar-refractivity contribution in [2.75, 3.05) is 0 Å². The fourth-order valence-electron chi connectivity index (χ4n) is 2.86. The van der Waals surface area contributed by atoms with Crippen molar-refractivity contribution in [1.82, 2.24) is 9.55 Å². The number of Topliss-reactive ketones (excluding diaryl/α,β-unsaturated/α-hetero) is 1. The zero-order valence-electron chi connectivity index (χ0n) is 12.9. The van der Waals surface area contributed by atoms with Crippen molar-refractivity contribution >= 4 is 38.6 Å². The highest BCUT2D eigenvalue weighted by Crippen LogP contribution is 2.33. The van der Waals surface area contributed by atoms with Crippen LogP contribution in [0.25, 0.3) is 11.0 Å². The summed E-state index contributed by atoms with van der Waals surface area (Å²) in [5, 5.41) is 5.89. The molecule has 0 amide bonds. The van der Waals surface area contributed by atoms with Gasteiger partial charge >= 0.3 is 0 Å². The molecule has 1 aromatic heterocycles. The van der Waals surface area contributed by atoms with Gasteiger partial charge in [0.05, 0.1) is 21.2 Å². The summed E-state index contributed by atoms with van der Waals surface area (Å²) in [7, 11) is -3.75. The average Bonchev–Trinajstić information content (AvgIpc) is 2.85. The average molecular weight is 353 g/mol. The quantitative estimate of drug-likeness (QED) is 0.910. The molecule has 1 atom stereocenters. The maximum absolute atomic E-state index is 12.0. The lowest BCUT2D eigenvalue weighted by Gasteiger charge is -2.19. The van der Waals surface area contributed by atoms with Crippen molar-refractivity contribution in [3.63, 3.8) is 0 Å². The summed E-state index contributed by atoms with van der Waals surface area (Å²) >= 11 is 1.48. The molecule has 1 aliphatic rings. The van der Waals surface area contributed by atoms with E-state index in [1.54, 1.807) is 6.07 Å². The molecule has 1 aliphatic carbocycles. The number of hydrogen-bond donors (Lipinski definition) is 1. The highest BCUT2D eigenvalue weighted by Gasteiger charge is 2.25. The fraction of sp³-hybridized carbons (Fsp3) is 0.467. The van der Waals surface area contributed by atoms with Gasteiger partial charge in [-0.1, -0.05) is 18.2 Å². The number of imidazole rings is 1. The van der Waals surface area contributed by atoms with Gasteiger partial charge in [-0.05, 0) is 38.0 Å². The van der Waals surface area contributed by atoms with Gasteiger partial charge in [0.25, 0.3) is 0 Å². The minimum Gasteiger partial charge on any atom is -0.319 e. The maximum atomic E-state index is 12.0. The van der Waals surface area contributed by atoms with E-state index in [1.807, 2.05) is 11.5 Å². The number of sulfonamides is 1. The van der Waals surface area contributed by atoms with Crippen LogP contribution in [0.5, 0.6) is 0 Å². The van der Waals surface area contributed by atoms with Crippen LogP contribution in [0, 0.1) is 0 Å². The Balaban J connectivity index is 2.01. The van der Waals surface area contributed by atoms with Crippen LogP contribution >= 0.6 is 11.8 Å². The lowest BCUT2D eigenvalue weighted by atomic mass is 9.99. The predicted molar refractivity (Wildman–Crippen MR) is 89.9 cm³/mol. The molecule has 0 spiro atoms. The topological polar surface area (TPSA) is 95.0 Å². The van der Waals surface area contributed by atoms with Gasteiger partial charge in [-0.25, -0.2) is 18.5 Å². The van der Waals surface area contributed by atoms with Gasteiger partial charge in [-0.3, -0.25) is 4.79 Å². The van der Waals surface area contributed by atoms with Gasteiger partial charge in [-0.15, -0.1) is 0 Å². The molecule has 2 N–H and O–H groups in total. The largest absolute Gasteiger partial charge is 0.319 e. The number of ketones is 1. The van der Waals surface area contributed by atoms with Crippen LogP contribution in [0.1, 0.15) is 32.6 Å². The van der Waals surface area contributed by atoms with Gasteiger partial charge in [0.15, 0.2) is 5.16 Å². The van der Waals surface area contributed by atoms with Gasteiger partial charge in [0.2, 0.25) is 10.0 Å². The Labute approximate surface area is 139 Å². The molecule has 1 heterocycles. The highest BCUT2D eigenvalue weighted by molar-refractivity contribution is 8.00. The maximum Gasteiger partial charge on any atom is 0.238 e. The van der Waals surface area contributed by atoms with Crippen molar-refractivity contribution < 1.29 is 13.2 Å². The molecule has 0 unspecified atom stereocenters. The lowest BCUT2D eigenvalue weighted by Crippen LogP contribution is -2.21. The van der Waals surface area contributed by atoms with Crippen LogP contribution in [0.4, 0.5) is 0 Å². The molecule has 1 fully saturated rings. The van der Waals surface area contributed by atoms with Crippen LogP contribution in [0.2, 0.25) is 0 Å². The molecule has 6 nitrogen and oxygen atoms in total. The number of fused-ring (bicyclic) bond motifs is 1. The molecule has 2 aromatic rings. The minimum atomic E-state index is -3.75. The summed E-state index contributed by atoms with van der Waals surface area (Å²) in [6.07, 6.45) is 3.54. The summed E-state index contributed by atoms with van der Waals surface area (Å²) in [4.78, 5) is 16.6. The van der Waals surface area contributed by atoms with Crippen molar-refractivity contribution in [2.45, 2.75) is 54.5 Å². The van der Waals surface area contributed by atoms with E-state index in [-0.39, 0.29) is 15.9 Å². The molecule has 0 saturated heterocycles. The van der Waals surface area contributed by atoms with Crippen LogP contribution < -0.4 is 5.14 Å². The highest BCUT2D eigenvalue weighted by atomic mass is 32.2. The van der Waals surface area contributed by atoms with E-state index >= 15 is 0 Å². The summed E-state index contributed by atoms with van der Waals surface area (Å²) in [6.45, 7) is 2.70. The van der Waals surface area contributed by atoms with Gasteiger partial charge < -0.3 is 4.57 Å². The van der Waals surface area contributed by atoms with Gasteiger partial charge in [-0.2, -0.15) is 0 Å². The second-order valence-corrected chi connectivity index (χ2v) is 8.38. The van der Waals surface area contributed by atoms with Crippen molar-refractivity contribution in [2.24, 2.45) is 5.14 Å². The SMILES string of the molecule is CCn1c(S[C@@H]2CCCCC2=O)nc2cc(S(N)(=O)=O)ccc21. The Bertz CT molecular complexity index is 858. The fourth-order valence-corrected chi connectivity index (χ4v) is 4.69. The molecule has 124 valence electrons. The first-order chi connectivity index (χ1) is 10.9. The third-order valence-corrected chi connectivity index (χ3v) is 6.29. The molecule has 23 heavy (non-hydrogen) atoms. The zero-order valence-corrected chi connectivity index (χ0v) is 14.5. The van der Waals surface area contributed by atoms with Crippen LogP contribution in [-0.4, -0.2) is 29.0 Å². The molecule has 0 radical (unpaired) electrons. The Morgan fingerprint density at radius 2 is 2.17 bits per heavy atom. The third kappa shape index (κ3) is 3.29. The summed E-state index contributed by atoms with van der Waals surface area (Å²) in [5.41, 5.74) is 1.44. The Hall–Kier alpha value is -1.38. The number of benzene rings is 1. The number of thioether (sulfide) groups is 1. The van der Waals surface area contributed by atoms with Crippen molar-refractivity contribution in [3.05, 3.63) is 18.2 Å². The van der Waals surface area contributed by atoms with E-state index < -0.39 is 10.0 Å². The zero-order chi connectivity index (χ0) is 16.6. The Morgan fingerprint density at radius 1 is 1.39 bits per heavy atom. The summed E-state index contributed by atoms with van der Waals surface area (Å²) in [5.74, 6) is 0.279. The molecule has 0 aliphatic heterocycles. The number of nitrogens with zero attached hydrogens (tertiary/aromatic N) is 2. The normalized spacial score (nSPS) is 19.4. The van der Waals surface area contributed by atoms with E-state index in [2.05, 4.69) is 4.98 Å². The summed E-state index contributed by atoms with van der Waals surface area (Å²) in [6, 6.07) is 4.70. The Kier molecular flexibility index (Phi) is 4.48. The number of primary sulfonamides is 1. The molecular formula is C15H19N3O3S2. The van der Waals surface area contributed by atoms with E-state index in [0.29, 0.717) is 18.5 Å². The standard InChI is InChI=1S/C15H19N3O3S2/c1-2-18-12-8-7-10(23(16,20)21)9-11(12)17-15(18)22-14-6-4-3-5-13(14)19/h7-9,14H,2-6H2,1H3,(H2,16,20,21)/t14-/m1/s1. The number of nitrogens with two attached hydrogens (primary N) is 1. The van der Waals surface area contributed by atoms with Gasteiger partial charge in [0.1, 0.15) is 5.78 Å². The number of hydrogen-bond acceptors (Lipinski definition) is 5. The first-order valence-electron chi connectivity index (χ1n) is 7.62. The molecule has 1 aromatic carbocycles. The lowest BCUT2D eigenvalue weighted by molar-refractivity contribution is -0.119. The van der Waals surface area contributed by atoms with E-state index in [1.165, 1.54) is 23.9 Å². The number of aromatic nitrogens is 2.